The second-order valence-electron chi connectivity index (χ2n) is 3.92. The van der Waals surface area contributed by atoms with Crippen molar-refractivity contribution in [3.63, 3.8) is 0 Å². The van der Waals surface area contributed by atoms with Crippen LogP contribution in [0.5, 0.6) is 0 Å². The molecule has 5 nitrogen and oxygen atoms in total. The highest BCUT2D eigenvalue weighted by molar-refractivity contribution is 5.75. The maximum atomic E-state index is 13.2. The molecule has 2 N–H and O–H groups in total. The molecular weight excluding hydrogens is 212 g/mol. The van der Waals surface area contributed by atoms with Crippen LogP contribution in [0.4, 0.5) is 13.6 Å². The topological polar surface area (TPSA) is 77.8 Å². The van der Waals surface area contributed by atoms with E-state index in [0.29, 0.717) is 4.90 Å². The van der Waals surface area contributed by atoms with Crippen molar-refractivity contribution in [2.75, 3.05) is 0 Å². The molecule has 0 aromatic heterocycles. The zero-order valence-electron chi connectivity index (χ0n) is 7.56. The molecule has 0 spiro atoms. The zero-order valence-corrected chi connectivity index (χ0v) is 7.56. The average Bonchev–Trinajstić information content (AvgIpc) is 2.53. The van der Waals surface area contributed by atoms with Crippen LogP contribution in [-0.4, -0.2) is 45.2 Å². The number of hydrogen-bond donors (Lipinski definition) is 2. The van der Waals surface area contributed by atoms with Crippen LogP contribution < -0.4 is 0 Å². The second kappa shape index (κ2) is 2.80. The van der Waals surface area contributed by atoms with Gasteiger partial charge in [-0.05, 0) is 6.42 Å². The number of fused-ring (bicyclic) bond motifs is 2. The van der Waals surface area contributed by atoms with Crippen molar-refractivity contribution in [1.29, 1.82) is 0 Å². The monoisotopic (exact) mass is 221 g/mol. The third kappa shape index (κ3) is 1.25. The second-order valence-corrected chi connectivity index (χ2v) is 3.92. The Morgan fingerprint density at radius 1 is 1.33 bits per heavy atom. The molecule has 2 saturated heterocycles. The molecule has 84 valence electrons. The lowest BCUT2D eigenvalue weighted by Gasteiger charge is -2.22. The fourth-order valence-corrected chi connectivity index (χ4v) is 2.51. The summed E-state index contributed by atoms with van der Waals surface area (Å²) in [6.07, 6.45) is -2.44. The number of hydrogen-bond acceptors (Lipinski definition) is 2. The molecule has 2 aliphatic rings. The normalized spacial score (nSPS) is 36.9. The molecule has 7 heteroatoms. The molecule has 1 amide bonds. The highest BCUT2D eigenvalue weighted by Crippen LogP contribution is 2.50. The van der Waals surface area contributed by atoms with Crippen LogP contribution in [0, 0.1) is 5.92 Å². The van der Waals surface area contributed by atoms with Crippen LogP contribution in [0.2, 0.25) is 0 Å². The zero-order chi connectivity index (χ0) is 11.4. The maximum Gasteiger partial charge on any atom is 0.408 e. The summed E-state index contributed by atoms with van der Waals surface area (Å²) in [5, 5.41) is 17.5. The van der Waals surface area contributed by atoms with Crippen molar-refractivity contribution in [3.05, 3.63) is 0 Å². The maximum absolute atomic E-state index is 13.2. The Hall–Kier alpha value is -1.40. The number of nitrogens with zero attached hydrogens (tertiary/aromatic N) is 1. The average molecular weight is 221 g/mol. The third-order valence-corrected chi connectivity index (χ3v) is 3.14. The Labute approximate surface area is 83.3 Å². The lowest BCUT2D eigenvalue weighted by Crippen LogP contribution is -2.39. The molecule has 2 aliphatic heterocycles. The van der Waals surface area contributed by atoms with Crippen LogP contribution in [0.15, 0.2) is 0 Å². The summed E-state index contributed by atoms with van der Waals surface area (Å²) in [5.41, 5.74) is 0. The highest BCUT2D eigenvalue weighted by Gasteiger charge is 2.65. The standard InChI is InChI=1S/C8H9F2NO4/c9-8(10)2-4-3(6(12)13)1-5(8)11(4)7(14)15/h3-5H,1-2H2,(H,12,13)(H,14,15)/t3-,4?,5?/m1/s1. The van der Waals surface area contributed by atoms with Crippen molar-refractivity contribution in [2.45, 2.75) is 30.8 Å². The van der Waals surface area contributed by atoms with Crippen LogP contribution in [0.1, 0.15) is 12.8 Å². The summed E-state index contributed by atoms with van der Waals surface area (Å²) >= 11 is 0. The van der Waals surface area contributed by atoms with Gasteiger partial charge in [0.2, 0.25) is 0 Å². The van der Waals surface area contributed by atoms with Gasteiger partial charge in [-0.15, -0.1) is 0 Å². The molecule has 2 heterocycles. The van der Waals surface area contributed by atoms with Crippen molar-refractivity contribution in [1.82, 2.24) is 4.90 Å². The van der Waals surface area contributed by atoms with E-state index in [2.05, 4.69) is 0 Å². The van der Waals surface area contributed by atoms with E-state index in [4.69, 9.17) is 10.2 Å². The highest BCUT2D eigenvalue weighted by atomic mass is 19.3. The van der Waals surface area contributed by atoms with E-state index < -0.39 is 42.4 Å². The first-order valence-electron chi connectivity index (χ1n) is 4.46. The van der Waals surface area contributed by atoms with E-state index in [1.165, 1.54) is 0 Å². The minimum atomic E-state index is -3.09. The first kappa shape index (κ1) is 10.1. The van der Waals surface area contributed by atoms with Gasteiger partial charge in [-0.3, -0.25) is 9.69 Å². The number of carbonyl (C=O) groups is 2. The molecule has 2 rings (SSSR count). The molecule has 2 fully saturated rings. The Bertz CT molecular complexity index is 333. The summed E-state index contributed by atoms with van der Waals surface area (Å²) in [7, 11) is 0. The fraction of sp³-hybridized carbons (Fsp3) is 0.750. The fourth-order valence-electron chi connectivity index (χ4n) is 2.51. The Balaban J connectivity index is 2.30. The predicted octanol–water partition coefficient (Wildman–Crippen LogP) is 0.847. The summed E-state index contributed by atoms with van der Waals surface area (Å²) in [6.45, 7) is 0. The Morgan fingerprint density at radius 2 is 1.93 bits per heavy atom. The van der Waals surface area contributed by atoms with Crippen molar-refractivity contribution in [3.8, 4) is 0 Å². The summed E-state index contributed by atoms with van der Waals surface area (Å²) in [4.78, 5) is 22.0. The van der Waals surface area contributed by atoms with Crippen molar-refractivity contribution >= 4 is 12.1 Å². The van der Waals surface area contributed by atoms with E-state index in [-0.39, 0.29) is 6.42 Å². The minimum absolute atomic E-state index is 0.292. The van der Waals surface area contributed by atoms with Gasteiger partial charge < -0.3 is 10.2 Å². The van der Waals surface area contributed by atoms with Gasteiger partial charge in [-0.2, -0.15) is 0 Å². The van der Waals surface area contributed by atoms with Gasteiger partial charge in [0.15, 0.2) is 0 Å². The Morgan fingerprint density at radius 3 is 2.33 bits per heavy atom. The first-order valence-corrected chi connectivity index (χ1v) is 4.46. The molecule has 0 saturated carbocycles. The molecule has 15 heavy (non-hydrogen) atoms. The summed E-state index contributed by atoms with van der Waals surface area (Å²) in [6, 6.07) is -2.55. The lowest BCUT2D eigenvalue weighted by atomic mass is 9.87. The van der Waals surface area contributed by atoms with Crippen LogP contribution in [0.25, 0.3) is 0 Å². The number of alkyl halides is 2. The molecule has 0 radical (unpaired) electrons. The van der Waals surface area contributed by atoms with Crippen molar-refractivity contribution in [2.24, 2.45) is 5.92 Å². The number of rotatable bonds is 1. The molecule has 0 aromatic carbocycles. The predicted molar refractivity (Wildman–Crippen MR) is 42.7 cm³/mol. The van der Waals surface area contributed by atoms with Crippen LogP contribution in [0.3, 0.4) is 0 Å². The van der Waals surface area contributed by atoms with Crippen LogP contribution in [-0.2, 0) is 4.79 Å². The molecule has 0 aliphatic carbocycles. The number of amides is 1. The summed E-state index contributed by atoms with van der Waals surface area (Å²) in [5.74, 6) is -5.29. The lowest BCUT2D eigenvalue weighted by molar-refractivity contribution is -0.144. The minimum Gasteiger partial charge on any atom is -0.481 e. The van der Waals surface area contributed by atoms with Gasteiger partial charge in [-0.25, -0.2) is 13.6 Å². The number of aliphatic carboxylic acids is 1. The van der Waals surface area contributed by atoms with Gasteiger partial charge in [0.1, 0.15) is 0 Å². The van der Waals surface area contributed by atoms with Gasteiger partial charge in [0.25, 0.3) is 5.92 Å². The van der Waals surface area contributed by atoms with E-state index >= 15 is 0 Å². The number of carboxylic acid groups (broad SMARTS) is 2. The van der Waals surface area contributed by atoms with Crippen molar-refractivity contribution < 1.29 is 28.6 Å². The summed E-state index contributed by atoms with van der Waals surface area (Å²) < 4.78 is 26.4. The van der Waals surface area contributed by atoms with E-state index in [9.17, 15) is 18.4 Å². The van der Waals surface area contributed by atoms with E-state index in [0.717, 1.165) is 0 Å². The third-order valence-electron chi connectivity index (χ3n) is 3.14. The largest absolute Gasteiger partial charge is 0.481 e. The van der Waals surface area contributed by atoms with Gasteiger partial charge >= 0.3 is 12.1 Å². The molecule has 2 unspecified atom stereocenters. The number of carboxylic acids is 1. The van der Waals surface area contributed by atoms with Gasteiger partial charge in [-0.1, -0.05) is 0 Å². The quantitative estimate of drug-likeness (QED) is 0.688. The van der Waals surface area contributed by atoms with Gasteiger partial charge in [0.05, 0.1) is 18.0 Å². The number of halogens is 2. The van der Waals surface area contributed by atoms with Crippen LogP contribution >= 0.6 is 0 Å². The first-order chi connectivity index (χ1) is 6.84. The molecular formula is C8H9F2NO4. The SMILES string of the molecule is O=C(O)[C@@H]1CC2N(C(=O)O)C1CC2(F)F. The molecule has 0 aromatic rings. The molecule has 2 bridgehead atoms. The smallest absolute Gasteiger partial charge is 0.408 e. The van der Waals surface area contributed by atoms with E-state index in [1.54, 1.807) is 0 Å². The molecule has 3 atom stereocenters. The Kier molecular flexibility index (Phi) is 1.89. The van der Waals surface area contributed by atoms with Gasteiger partial charge in [0, 0.05) is 6.42 Å². The van der Waals surface area contributed by atoms with E-state index in [1.807, 2.05) is 0 Å².